The Morgan fingerprint density at radius 1 is 1.19 bits per heavy atom. The van der Waals surface area contributed by atoms with Gasteiger partial charge < -0.3 is 21.1 Å². The van der Waals surface area contributed by atoms with E-state index in [1.54, 1.807) is 25.1 Å². The smallest absolute Gasteiger partial charge is 0.312 e. The lowest BCUT2D eigenvalue weighted by molar-refractivity contribution is -0.119. The lowest BCUT2D eigenvalue weighted by Crippen LogP contribution is -2.49. The van der Waals surface area contributed by atoms with Gasteiger partial charge in [0.15, 0.2) is 0 Å². The van der Waals surface area contributed by atoms with Crippen LogP contribution in [0.15, 0.2) is 47.4 Å². The summed E-state index contributed by atoms with van der Waals surface area (Å²) in [6.45, 7) is 3.66. The number of carbonyl (C=O) groups is 2. The molecule has 0 heterocycles. The molecule has 2 aromatic carbocycles. The van der Waals surface area contributed by atoms with E-state index >= 15 is 0 Å². The van der Waals surface area contributed by atoms with E-state index in [9.17, 15) is 18.0 Å². The molecule has 0 aliphatic heterocycles. The number of rotatable bonds is 9. The van der Waals surface area contributed by atoms with Crippen molar-refractivity contribution in [1.82, 2.24) is 5.32 Å². The molecule has 0 spiro atoms. The molecule has 0 saturated heterocycles. The van der Waals surface area contributed by atoms with E-state index in [2.05, 4.69) is 15.4 Å². The van der Waals surface area contributed by atoms with Gasteiger partial charge in [-0.2, -0.15) is 0 Å². The van der Waals surface area contributed by atoms with Gasteiger partial charge in [0, 0.05) is 5.69 Å². The van der Waals surface area contributed by atoms with Crippen LogP contribution in [0.2, 0.25) is 5.02 Å². The van der Waals surface area contributed by atoms with E-state index in [0.29, 0.717) is 6.42 Å². The minimum Gasteiger partial charge on any atom is -0.495 e. The highest BCUT2D eigenvalue weighted by Gasteiger charge is 2.26. The standard InChI is InChI=1S/C20H25ClN4O5S/c1-4-12(2)18(24-20(22)27)19(26)23-13-9-10-16(30-3)17(11-13)31(28,29)25-15-8-6-5-7-14(15)21/h5-12,18,25H,4H2,1-3H3,(H,23,26)(H3,22,24,27). The predicted molar refractivity (Wildman–Crippen MR) is 120 cm³/mol. The molecule has 0 fully saturated rings. The third-order valence-electron chi connectivity index (χ3n) is 4.63. The summed E-state index contributed by atoms with van der Waals surface area (Å²) in [5, 5.41) is 5.26. The minimum atomic E-state index is -4.10. The summed E-state index contributed by atoms with van der Waals surface area (Å²) < 4.78 is 33.5. The highest BCUT2D eigenvalue weighted by molar-refractivity contribution is 7.92. The molecule has 0 saturated carbocycles. The molecule has 5 N–H and O–H groups in total. The van der Waals surface area contributed by atoms with Gasteiger partial charge in [-0.25, -0.2) is 13.2 Å². The van der Waals surface area contributed by atoms with Crippen LogP contribution in [0.5, 0.6) is 5.75 Å². The van der Waals surface area contributed by atoms with Crippen LogP contribution in [0, 0.1) is 5.92 Å². The molecule has 3 amide bonds. The number of nitrogens with two attached hydrogens (primary N) is 1. The van der Waals surface area contributed by atoms with Gasteiger partial charge in [0.25, 0.3) is 10.0 Å². The Labute approximate surface area is 186 Å². The molecule has 0 aliphatic carbocycles. The van der Waals surface area contributed by atoms with Gasteiger partial charge in [-0.05, 0) is 36.2 Å². The van der Waals surface area contributed by atoms with E-state index in [1.165, 1.54) is 31.4 Å². The Morgan fingerprint density at radius 2 is 1.87 bits per heavy atom. The highest BCUT2D eigenvalue weighted by atomic mass is 35.5. The normalized spacial score (nSPS) is 13.0. The first-order valence-electron chi connectivity index (χ1n) is 9.41. The number of ether oxygens (including phenoxy) is 1. The van der Waals surface area contributed by atoms with Crippen LogP contribution in [-0.4, -0.2) is 33.5 Å². The van der Waals surface area contributed by atoms with E-state index < -0.39 is 28.0 Å². The average molecular weight is 469 g/mol. The lowest BCUT2D eigenvalue weighted by atomic mass is 9.98. The van der Waals surface area contributed by atoms with Crippen LogP contribution in [0.25, 0.3) is 0 Å². The fourth-order valence-electron chi connectivity index (χ4n) is 2.78. The summed E-state index contributed by atoms with van der Waals surface area (Å²) in [7, 11) is -2.77. The number of primary amides is 1. The molecule has 0 bridgehead atoms. The molecule has 0 aromatic heterocycles. The second-order valence-electron chi connectivity index (χ2n) is 6.81. The average Bonchev–Trinajstić information content (AvgIpc) is 2.72. The molecular formula is C20H25ClN4O5S. The minimum absolute atomic E-state index is 0.0753. The topological polar surface area (TPSA) is 140 Å². The van der Waals surface area contributed by atoms with Crippen molar-refractivity contribution in [3.05, 3.63) is 47.5 Å². The number of carbonyl (C=O) groups excluding carboxylic acids is 2. The van der Waals surface area contributed by atoms with Gasteiger partial charge in [0.1, 0.15) is 16.7 Å². The molecule has 2 rings (SSSR count). The molecule has 2 unspecified atom stereocenters. The summed E-state index contributed by atoms with van der Waals surface area (Å²) in [6.07, 6.45) is 0.613. The molecule has 2 aromatic rings. The van der Waals surface area contributed by atoms with Crippen molar-refractivity contribution in [1.29, 1.82) is 0 Å². The van der Waals surface area contributed by atoms with Gasteiger partial charge in [-0.15, -0.1) is 0 Å². The zero-order valence-electron chi connectivity index (χ0n) is 17.3. The van der Waals surface area contributed by atoms with Crippen molar-refractivity contribution in [2.45, 2.75) is 31.2 Å². The van der Waals surface area contributed by atoms with Crippen LogP contribution < -0.4 is 25.8 Å². The number of benzene rings is 2. The number of hydrogen-bond acceptors (Lipinski definition) is 5. The van der Waals surface area contributed by atoms with Crippen molar-refractivity contribution in [2.24, 2.45) is 11.7 Å². The zero-order valence-corrected chi connectivity index (χ0v) is 18.9. The van der Waals surface area contributed by atoms with Gasteiger partial charge in [0.2, 0.25) is 5.91 Å². The van der Waals surface area contributed by atoms with Crippen molar-refractivity contribution in [3.63, 3.8) is 0 Å². The number of methoxy groups -OCH3 is 1. The summed E-state index contributed by atoms with van der Waals surface area (Å²) in [4.78, 5) is 23.8. The molecule has 11 heteroatoms. The van der Waals surface area contributed by atoms with Crippen LogP contribution >= 0.6 is 11.6 Å². The third-order valence-corrected chi connectivity index (χ3v) is 6.35. The van der Waals surface area contributed by atoms with Gasteiger partial charge >= 0.3 is 6.03 Å². The Balaban J connectivity index is 2.36. The Bertz CT molecular complexity index is 1060. The summed E-state index contributed by atoms with van der Waals surface area (Å²) in [6, 6.07) is 8.82. The molecule has 0 aliphatic rings. The number of amides is 3. The van der Waals surface area contributed by atoms with Crippen LogP contribution in [0.1, 0.15) is 20.3 Å². The van der Waals surface area contributed by atoms with Crippen molar-refractivity contribution >= 4 is 44.9 Å². The van der Waals surface area contributed by atoms with Crippen LogP contribution in [0.4, 0.5) is 16.2 Å². The lowest BCUT2D eigenvalue weighted by Gasteiger charge is -2.23. The Kier molecular flexibility index (Phi) is 8.12. The number of urea groups is 1. The maximum Gasteiger partial charge on any atom is 0.312 e. The van der Waals surface area contributed by atoms with E-state index in [-0.39, 0.29) is 33.0 Å². The number of hydrogen-bond donors (Lipinski definition) is 4. The van der Waals surface area contributed by atoms with Gasteiger partial charge in [-0.3, -0.25) is 9.52 Å². The maximum atomic E-state index is 13.0. The first-order valence-corrected chi connectivity index (χ1v) is 11.3. The monoisotopic (exact) mass is 468 g/mol. The first kappa shape index (κ1) is 24.3. The molecule has 9 nitrogen and oxygen atoms in total. The van der Waals surface area contributed by atoms with E-state index in [1.807, 2.05) is 6.92 Å². The van der Waals surface area contributed by atoms with Crippen LogP contribution in [0.3, 0.4) is 0 Å². The predicted octanol–water partition coefficient (Wildman–Crippen LogP) is 3.17. The second kappa shape index (κ2) is 10.4. The quantitative estimate of drug-likeness (QED) is 0.447. The summed E-state index contributed by atoms with van der Waals surface area (Å²) in [5.74, 6) is -0.650. The third kappa shape index (κ3) is 6.25. The molecule has 31 heavy (non-hydrogen) atoms. The van der Waals surface area contributed by atoms with E-state index in [4.69, 9.17) is 22.1 Å². The fraction of sp³-hybridized carbons (Fsp3) is 0.300. The Hall–Kier alpha value is -2.98. The Morgan fingerprint density at radius 3 is 2.45 bits per heavy atom. The second-order valence-corrected chi connectivity index (χ2v) is 8.87. The molecular weight excluding hydrogens is 444 g/mol. The zero-order chi connectivity index (χ0) is 23.2. The van der Waals surface area contributed by atoms with Crippen molar-refractivity contribution < 1.29 is 22.7 Å². The van der Waals surface area contributed by atoms with E-state index in [0.717, 1.165) is 0 Å². The number of nitrogens with one attached hydrogen (secondary N) is 3. The number of para-hydroxylation sites is 1. The largest absolute Gasteiger partial charge is 0.495 e. The number of halogens is 1. The highest BCUT2D eigenvalue weighted by Crippen LogP contribution is 2.31. The summed E-state index contributed by atoms with van der Waals surface area (Å²) in [5.41, 5.74) is 5.57. The fourth-order valence-corrected chi connectivity index (χ4v) is 4.30. The first-order chi connectivity index (χ1) is 14.6. The number of anilines is 2. The molecule has 168 valence electrons. The van der Waals surface area contributed by atoms with Gasteiger partial charge in [0.05, 0.1) is 17.8 Å². The summed E-state index contributed by atoms with van der Waals surface area (Å²) >= 11 is 6.05. The van der Waals surface area contributed by atoms with Gasteiger partial charge in [-0.1, -0.05) is 44.0 Å². The SMILES string of the molecule is CCC(C)C(NC(N)=O)C(=O)Nc1ccc(OC)c(S(=O)(=O)Nc2ccccc2Cl)c1. The van der Waals surface area contributed by atoms with Crippen molar-refractivity contribution in [2.75, 3.05) is 17.1 Å². The van der Waals surface area contributed by atoms with Crippen LogP contribution in [-0.2, 0) is 14.8 Å². The number of sulfonamides is 1. The molecule has 0 radical (unpaired) electrons. The maximum absolute atomic E-state index is 13.0. The van der Waals surface area contributed by atoms with Crippen molar-refractivity contribution in [3.8, 4) is 5.75 Å². The molecule has 2 atom stereocenters.